The van der Waals surface area contributed by atoms with Crippen molar-refractivity contribution in [2.45, 2.75) is 44.9 Å². The van der Waals surface area contributed by atoms with E-state index in [0.717, 1.165) is 0 Å². The van der Waals surface area contributed by atoms with Gasteiger partial charge in [-0.1, -0.05) is 0 Å². The summed E-state index contributed by atoms with van der Waals surface area (Å²) in [7, 11) is -3.59. The van der Waals surface area contributed by atoms with Gasteiger partial charge >= 0.3 is 5.97 Å². The van der Waals surface area contributed by atoms with Crippen LogP contribution in [0.2, 0.25) is 0 Å². The Hall–Kier alpha value is -1.90. The molecule has 124 valence electrons. The average Bonchev–Trinajstić information content (AvgIpc) is 2.75. The first-order valence-electron chi connectivity index (χ1n) is 6.58. The molecule has 1 amide bonds. The van der Waals surface area contributed by atoms with E-state index in [1.807, 2.05) is 0 Å². The van der Waals surface area contributed by atoms with E-state index in [1.165, 1.54) is 51.7 Å². The van der Waals surface area contributed by atoms with E-state index in [-0.39, 0.29) is 5.69 Å². The van der Waals surface area contributed by atoms with Crippen molar-refractivity contribution < 1.29 is 23.1 Å². The number of amides is 1. The number of sulfone groups is 1. The lowest BCUT2D eigenvalue weighted by molar-refractivity contribution is -0.146. The van der Waals surface area contributed by atoms with Crippen LogP contribution in [-0.4, -0.2) is 45.7 Å². The van der Waals surface area contributed by atoms with Crippen LogP contribution in [0.4, 0.5) is 5.69 Å². The van der Waals surface area contributed by atoms with Crippen LogP contribution in [0, 0.1) is 0 Å². The predicted molar refractivity (Wildman–Crippen MR) is 81.4 cm³/mol. The number of anilines is 1. The van der Waals surface area contributed by atoms with E-state index in [1.54, 1.807) is 0 Å². The highest BCUT2D eigenvalue weighted by Crippen LogP contribution is 2.19. The van der Waals surface area contributed by atoms with E-state index in [2.05, 4.69) is 10.4 Å². The molecule has 8 nitrogen and oxygen atoms in total. The molecule has 0 spiro atoms. The van der Waals surface area contributed by atoms with Crippen LogP contribution < -0.4 is 5.32 Å². The molecule has 0 unspecified atom stereocenters. The van der Waals surface area contributed by atoms with Crippen molar-refractivity contribution in [2.75, 3.05) is 11.1 Å². The molecule has 0 atom stereocenters. The minimum atomic E-state index is -3.59. The van der Waals surface area contributed by atoms with Gasteiger partial charge in [0.25, 0.3) is 0 Å². The maximum atomic E-state index is 11.9. The van der Waals surface area contributed by atoms with Gasteiger partial charge in [-0.3, -0.25) is 9.48 Å². The van der Waals surface area contributed by atoms with E-state index in [0.29, 0.717) is 0 Å². The van der Waals surface area contributed by atoms with Gasteiger partial charge in [0.15, 0.2) is 15.4 Å². The maximum Gasteiger partial charge on any atom is 0.331 e. The Morgan fingerprint density at radius 3 is 2.27 bits per heavy atom. The van der Waals surface area contributed by atoms with E-state index in [4.69, 9.17) is 5.11 Å². The fourth-order valence-electron chi connectivity index (χ4n) is 1.38. The Labute approximate surface area is 129 Å². The molecule has 9 heteroatoms. The molecule has 0 aliphatic carbocycles. The Balaban J connectivity index is 2.84. The number of aliphatic carboxylic acids is 1. The summed E-state index contributed by atoms with van der Waals surface area (Å²) in [6.45, 7) is 7.46. The minimum absolute atomic E-state index is 0.239. The molecule has 0 radical (unpaired) electrons. The number of hydrogen-bond acceptors (Lipinski definition) is 5. The molecule has 0 aliphatic rings. The van der Waals surface area contributed by atoms with Crippen LogP contribution in [0.1, 0.15) is 34.6 Å². The molecule has 22 heavy (non-hydrogen) atoms. The van der Waals surface area contributed by atoms with Gasteiger partial charge in [0.05, 0.1) is 16.6 Å². The number of carboxylic acids is 1. The zero-order valence-electron chi connectivity index (χ0n) is 13.2. The summed E-state index contributed by atoms with van der Waals surface area (Å²) in [4.78, 5) is 22.9. The van der Waals surface area contributed by atoms with E-state index < -0.39 is 37.8 Å². The van der Waals surface area contributed by atoms with Gasteiger partial charge < -0.3 is 10.4 Å². The minimum Gasteiger partial charge on any atom is -0.479 e. The number of nitrogens with zero attached hydrogens (tertiary/aromatic N) is 2. The number of carbonyl (C=O) groups excluding carboxylic acids is 1. The van der Waals surface area contributed by atoms with Crippen molar-refractivity contribution in [1.29, 1.82) is 0 Å². The highest BCUT2D eigenvalue weighted by Gasteiger charge is 2.32. The maximum absolute atomic E-state index is 11.9. The second kappa shape index (κ2) is 5.71. The Morgan fingerprint density at radius 2 is 1.82 bits per heavy atom. The second-order valence-electron chi connectivity index (χ2n) is 6.46. The molecule has 1 aromatic rings. The van der Waals surface area contributed by atoms with Gasteiger partial charge in [0.2, 0.25) is 5.91 Å². The summed E-state index contributed by atoms with van der Waals surface area (Å²) < 4.78 is 24.0. The molecule has 0 saturated heterocycles. The smallest absolute Gasteiger partial charge is 0.331 e. The van der Waals surface area contributed by atoms with Crippen LogP contribution in [-0.2, 0) is 25.0 Å². The molecule has 0 aliphatic heterocycles. The summed E-state index contributed by atoms with van der Waals surface area (Å²) in [5, 5.41) is 15.4. The summed E-state index contributed by atoms with van der Waals surface area (Å²) in [5.74, 6) is -2.42. The lowest BCUT2D eigenvalue weighted by atomic mass is 10.1. The van der Waals surface area contributed by atoms with E-state index in [9.17, 15) is 18.0 Å². The topological polar surface area (TPSA) is 118 Å². The molecule has 0 bridgehead atoms. The zero-order valence-corrected chi connectivity index (χ0v) is 14.1. The first kappa shape index (κ1) is 18.1. The molecule has 0 aromatic carbocycles. The summed E-state index contributed by atoms with van der Waals surface area (Å²) >= 11 is 0. The van der Waals surface area contributed by atoms with Gasteiger partial charge in [-0.25, -0.2) is 13.2 Å². The van der Waals surface area contributed by atoms with Gasteiger partial charge in [0.1, 0.15) is 5.75 Å². The number of rotatable bonds is 5. The Kier molecular flexibility index (Phi) is 4.71. The summed E-state index contributed by atoms with van der Waals surface area (Å²) in [6, 6.07) is 0. The van der Waals surface area contributed by atoms with E-state index >= 15 is 0 Å². The molecular weight excluding hydrogens is 310 g/mol. The largest absolute Gasteiger partial charge is 0.479 e. The molecule has 1 rings (SSSR count). The van der Waals surface area contributed by atoms with Crippen molar-refractivity contribution in [3.05, 3.63) is 12.4 Å². The first-order valence-corrected chi connectivity index (χ1v) is 8.23. The quantitative estimate of drug-likeness (QED) is 0.826. The molecule has 2 N–H and O–H groups in total. The third-order valence-corrected chi connectivity index (χ3v) is 5.72. The van der Waals surface area contributed by atoms with Gasteiger partial charge in [-0.15, -0.1) is 0 Å². The SMILES string of the molecule is CC(C)(C(=O)O)n1cc(NC(=O)CS(=O)(=O)C(C)(C)C)cn1. The normalized spacial score (nSPS) is 13.0. The van der Waals surface area contributed by atoms with Crippen molar-refractivity contribution in [2.24, 2.45) is 0 Å². The van der Waals surface area contributed by atoms with Crippen molar-refractivity contribution in [3.63, 3.8) is 0 Å². The average molecular weight is 331 g/mol. The number of aromatic nitrogens is 2. The molecular formula is C13H21N3O5S. The summed E-state index contributed by atoms with van der Waals surface area (Å²) in [5.41, 5.74) is -1.04. The molecule has 1 heterocycles. The van der Waals surface area contributed by atoms with Gasteiger partial charge in [0, 0.05) is 6.20 Å². The Bertz CT molecular complexity index is 683. The molecule has 0 saturated carbocycles. The van der Waals surface area contributed by atoms with Crippen LogP contribution in [0.5, 0.6) is 0 Å². The van der Waals surface area contributed by atoms with Gasteiger partial charge in [-0.2, -0.15) is 5.10 Å². The second-order valence-corrected chi connectivity index (χ2v) is 9.20. The fraction of sp³-hybridized carbons (Fsp3) is 0.615. The Morgan fingerprint density at radius 1 is 1.27 bits per heavy atom. The van der Waals surface area contributed by atoms with Crippen LogP contribution in [0.15, 0.2) is 12.4 Å². The van der Waals surface area contributed by atoms with Crippen LogP contribution in [0.3, 0.4) is 0 Å². The standard InChI is InChI=1S/C13H21N3O5S/c1-12(2,3)22(20,21)8-10(17)15-9-6-14-16(7-9)13(4,5)11(18)19/h6-7H,8H2,1-5H3,(H,15,17)(H,18,19). The lowest BCUT2D eigenvalue weighted by Gasteiger charge is -2.19. The van der Waals surface area contributed by atoms with Gasteiger partial charge in [-0.05, 0) is 34.6 Å². The number of carboxylic acid groups (broad SMARTS) is 1. The zero-order chi connectivity index (χ0) is 17.3. The highest BCUT2D eigenvalue weighted by molar-refractivity contribution is 7.93. The fourth-order valence-corrected chi connectivity index (χ4v) is 2.23. The molecule has 0 fully saturated rings. The van der Waals surface area contributed by atoms with Crippen LogP contribution >= 0.6 is 0 Å². The van der Waals surface area contributed by atoms with Crippen molar-refractivity contribution in [3.8, 4) is 0 Å². The monoisotopic (exact) mass is 331 g/mol. The predicted octanol–water partition coefficient (Wildman–Crippen LogP) is 0.855. The lowest BCUT2D eigenvalue weighted by Crippen LogP contribution is -2.36. The van der Waals surface area contributed by atoms with Crippen molar-refractivity contribution >= 4 is 27.4 Å². The highest BCUT2D eigenvalue weighted by atomic mass is 32.2. The third kappa shape index (κ3) is 3.85. The molecule has 1 aromatic heterocycles. The third-order valence-electron chi connectivity index (χ3n) is 3.22. The number of nitrogens with one attached hydrogen (secondary N) is 1. The summed E-state index contributed by atoms with van der Waals surface area (Å²) in [6.07, 6.45) is 2.61. The van der Waals surface area contributed by atoms with Crippen molar-refractivity contribution in [1.82, 2.24) is 9.78 Å². The number of hydrogen-bond donors (Lipinski definition) is 2. The number of carbonyl (C=O) groups is 2. The van der Waals surface area contributed by atoms with Crippen LogP contribution in [0.25, 0.3) is 0 Å². The first-order chi connectivity index (χ1) is 9.77.